The molecular formula is C18H15Cl2N3O3. The van der Waals surface area contributed by atoms with Gasteiger partial charge in [-0.25, -0.2) is 4.79 Å². The zero-order valence-electron chi connectivity index (χ0n) is 13.7. The summed E-state index contributed by atoms with van der Waals surface area (Å²) in [6.07, 6.45) is 1.53. The predicted octanol–water partition coefficient (Wildman–Crippen LogP) is 3.89. The topological polar surface area (TPSA) is 82.0 Å². The summed E-state index contributed by atoms with van der Waals surface area (Å²) in [6.45, 7) is 1.81. The van der Waals surface area contributed by atoms with Gasteiger partial charge in [-0.05, 0) is 24.1 Å². The molecule has 2 aromatic rings. The first kappa shape index (κ1) is 18.2. The van der Waals surface area contributed by atoms with E-state index in [1.54, 1.807) is 31.2 Å². The van der Waals surface area contributed by atoms with E-state index in [4.69, 9.17) is 23.2 Å². The van der Waals surface area contributed by atoms with Gasteiger partial charge in [0.25, 0.3) is 5.91 Å². The van der Waals surface area contributed by atoms with Crippen LogP contribution in [-0.2, 0) is 10.3 Å². The predicted molar refractivity (Wildman–Crippen MR) is 99.5 cm³/mol. The van der Waals surface area contributed by atoms with Crippen LogP contribution in [0.5, 0.6) is 5.75 Å². The third-order valence-electron chi connectivity index (χ3n) is 4.24. The lowest BCUT2D eigenvalue weighted by Gasteiger charge is -2.24. The first-order valence-electron chi connectivity index (χ1n) is 7.83. The van der Waals surface area contributed by atoms with E-state index in [1.165, 1.54) is 18.3 Å². The van der Waals surface area contributed by atoms with Gasteiger partial charge in [0.1, 0.15) is 11.3 Å². The minimum Gasteiger partial charge on any atom is -0.506 e. The number of hydrogen-bond donors (Lipinski definition) is 2. The lowest BCUT2D eigenvalue weighted by molar-refractivity contribution is -0.131. The van der Waals surface area contributed by atoms with Crippen LogP contribution in [0.1, 0.15) is 24.5 Å². The van der Waals surface area contributed by atoms with Gasteiger partial charge in [0.2, 0.25) is 0 Å². The molecule has 26 heavy (non-hydrogen) atoms. The molecule has 6 nitrogen and oxygen atoms in total. The highest BCUT2D eigenvalue weighted by Crippen LogP contribution is 2.33. The molecule has 1 saturated heterocycles. The molecule has 1 fully saturated rings. The van der Waals surface area contributed by atoms with Gasteiger partial charge < -0.3 is 10.4 Å². The highest BCUT2D eigenvalue weighted by atomic mass is 35.5. The highest BCUT2D eigenvalue weighted by Gasteiger charge is 2.51. The molecule has 2 N–H and O–H groups in total. The van der Waals surface area contributed by atoms with Crippen molar-refractivity contribution in [3.8, 4) is 5.75 Å². The molecule has 1 heterocycles. The molecule has 0 aliphatic carbocycles. The second kappa shape index (κ2) is 6.97. The third-order valence-corrected chi connectivity index (χ3v) is 4.74. The first-order chi connectivity index (χ1) is 12.4. The highest BCUT2D eigenvalue weighted by molar-refractivity contribution is 6.36. The fourth-order valence-corrected chi connectivity index (χ4v) is 3.34. The monoisotopic (exact) mass is 391 g/mol. The molecule has 8 heteroatoms. The zero-order valence-corrected chi connectivity index (χ0v) is 15.3. The number of halogens is 2. The van der Waals surface area contributed by atoms with E-state index in [2.05, 4.69) is 10.4 Å². The lowest BCUT2D eigenvalue weighted by Crippen LogP contribution is -2.43. The molecule has 0 unspecified atom stereocenters. The Labute approximate surface area is 160 Å². The van der Waals surface area contributed by atoms with Gasteiger partial charge >= 0.3 is 6.03 Å². The van der Waals surface area contributed by atoms with Crippen LogP contribution in [-0.4, -0.2) is 28.3 Å². The number of urea groups is 1. The Morgan fingerprint density at radius 3 is 2.58 bits per heavy atom. The van der Waals surface area contributed by atoms with E-state index in [0.29, 0.717) is 17.0 Å². The number of phenols is 1. The van der Waals surface area contributed by atoms with E-state index in [0.717, 1.165) is 5.01 Å². The normalized spacial score (nSPS) is 20.0. The van der Waals surface area contributed by atoms with Gasteiger partial charge in [-0.2, -0.15) is 5.10 Å². The number of benzene rings is 2. The number of hydrogen-bond acceptors (Lipinski definition) is 4. The summed E-state index contributed by atoms with van der Waals surface area (Å²) >= 11 is 11.8. The Bertz CT molecular complexity index is 902. The Morgan fingerprint density at radius 2 is 1.92 bits per heavy atom. The maximum absolute atomic E-state index is 12.9. The molecule has 134 valence electrons. The second-order valence-corrected chi connectivity index (χ2v) is 6.59. The van der Waals surface area contributed by atoms with Crippen molar-refractivity contribution in [2.24, 2.45) is 5.10 Å². The summed E-state index contributed by atoms with van der Waals surface area (Å²) in [6, 6.07) is 11.1. The van der Waals surface area contributed by atoms with Crippen LogP contribution in [0.4, 0.5) is 4.79 Å². The van der Waals surface area contributed by atoms with Crippen LogP contribution in [0.2, 0.25) is 10.0 Å². The average molecular weight is 392 g/mol. The molecule has 0 radical (unpaired) electrons. The van der Waals surface area contributed by atoms with Crippen molar-refractivity contribution in [1.29, 1.82) is 0 Å². The number of nitrogens with zero attached hydrogens (tertiary/aromatic N) is 2. The molecule has 0 spiro atoms. The smallest absolute Gasteiger partial charge is 0.346 e. The van der Waals surface area contributed by atoms with Gasteiger partial charge in [0, 0.05) is 10.6 Å². The molecule has 0 aromatic heterocycles. The Balaban J connectivity index is 1.95. The number of nitrogens with one attached hydrogen (secondary N) is 1. The minimum absolute atomic E-state index is 0.0448. The molecule has 3 rings (SSSR count). The van der Waals surface area contributed by atoms with Crippen molar-refractivity contribution in [1.82, 2.24) is 10.3 Å². The summed E-state index contributed by atoms with van der Waals surface area (Å²) < 4.78 is 0. The van der Waals surface area contributed by atoms with E-state index >= 15 is 0 Å². The Morgan fingerprint density at radius 1 is 1.23 bits per heavy atom. The van der Waals surface area contributed by atoms with E-state index in [-0.39, 0.29) is 16.3 Å². The quantitative estimate of drug-likeness (QED) is 0.612. The summed E-state index contributed by atoms with van der Waals surface area (Å²) in [5.74, 6) is -0.739. The van der Waals surface area contributed by atoms with Crippen LogP contribution >= 0.6 is 23.2 Å². The van der Waals surface area contributed by atoms with Gasteiger partial charge in [-0.1, -0.05) is 60.5 Å². The van der Waals surface area contributed by atoms with Crippen LogP contribution < -0.4 is 5.32 Å². The molecule has 0 bridgehead atoms. The minimum atomic E-state index is -1.18. The summed E-state index contributed by atoms with van der Waals surface area (Å²) in [7, 11) is 0. The molecular weight excluding hydrogens is 377 g/mol. The van der Waals surface area contributed by atoms with Crippen LogP contribution in [0.3, 0.4) is 0 Å². The molecule has 1 aliphatic rings. The fraction of sp³-hybridized carbons (Fsp3) is 0.167. The number of hydrazone groups is 1. The van der Waals surface area contributed by atoms with Gasteiger partial charge in [0.15, 0.2) is 0 Å². The Hall–Kier alpha value is -2.57. The summed E-state index contributed by atoms with van der Waals surface area (Å²) in [5.41, 5.74) is -0.312. The van der Waals surface area contributed by atoms with E-state index in [9.17, 15) is 14.7 Å². The van der Waals surface area contributed by atoms with Crippen LogP contribution in [0.15, 0.2) is 47.6 Å². The summed E-state index contributed by atoms with van der Waals surface area (Å²) in [5, 5.41) is 17.7. The molecule has 1 aliphatic heterocycles. The number of aromatic hydroxyl groups is 1. The lowest BCUT2D eigenvalue weighted by atomic mass is 9.87. The molecule has 0 saturated carbocycles. The van der Waals surface area contributed by atoms with Crippen LogP contribution in [0, 0.1) is 0 Å². The largest absolute Gasteiger partial charge is 0.506 e. The average Bonchev–Trinajstić information content (AvgIpc) is 2.88. The zero-order chi connectivity index (χ0) is 18.9. The van der Waals surface area contributed by atoms with Crippen molar-refractivity contribution in [2.75, 3.05) is 0 Å². The van der Waals surface area contributed by atoms with Crippen LogP contribution in [0.25, 0.3) is 0 Å². The third kappa shape index (κ3) is 3.02. The van der Waals surface area contributed by atoms with Crippen molar-refractivity contribution in [3.05, 3.63) is 63.6 Å². The van der Waals surface area contributed by atoms with E-state index in [1.807, 2.05) is 6.07 Å². The number of rotatable bonds is 4. The van der Waals surface area contributed by atoms with Gasteiger partial charge in [0.05, 0.1) is 11.2 Å². The number of amides is 3. The van der Waals surface area contributed by atoms with Gasteiger partial charge in [-0.15, -0.1) is 5.01 Å². The van der Waals surface area contributed by atoms with Crippen molar-refractivity contribution < 1.29 is 14.7 Å². The standard InChI is InChI=1S/C18H15Cl2N3O3/c1-2-18(12-6-4-3-5-7-12)16(25)23(17(26)22-18)21-10-11-8-13(19)9-14(20)15(11)24/h3-10,24H,2H2,1H3,(H,22,26)/b21-10+/t18-/m0/s1. The molecule has 2 aromatic carbocycles. The first-order valence-corrected chi connectivity index (χ1v) is 8.59. The molecule has 1 atom stereocenters. The number of phenolic OH excluding ortho intramolecular Hbond substituents is 1. The fourth-order valence-electron chi connectivity index (χ4n) is 2.83. The van der Waals surface area contributed by atoms with Crippen molar-refractivity contribution in [3.63, 3.8) is 0 Å². The number of carbonyl (C=O) groups excluding carboxylic acids is 2. The van der Waals surface area contributed by atoms with Crippen molar-refractivity contribution in [2.45, 2.75) is 18.9 Å². The maximum atomic E-state index is 12.9. The number of imide groups is 1. The second-order valence-electron chi connectivity index (χ2n) is 5.74. The van der Waals surface area contributed by atoms with Crippen molar-refractivity contribution >= 4 is 41.4 Å². The van der Waals surface area contributed by atoms with Gasteiger partial charge in [-0.3, -0.25) is 4.79 Å². The Kier molecular flexibility index (Phi) is 4.89. The maximum Gasteiger partial charge on any atom is 0.346 e. The van der Waals surface area contributed by atoms with E-state index < -0.39 is 17.5 Å². The molecule has 3 amide bonds. The SMILES string of the molecule is CC[C@@]1(c2ccccc2)NC(=O)N(/N=C/c2cc(Cl)cc(Cl)c2O)C1=O. The number of carbonyl (C=O) groups is 2. The summed E-state index contributed by atoms with van der Waals surface area (Å²) in [4.78, 5) is 25.3.